The third-order valence-electron chi connectivity index (χ3n) is 9.56. The van der Waals surface area contributed by atoms with Crippen molar-refractivity contribution in [2.75, 3.05) is 0 Å². The van der Waals surface area contributed by atoms with Gasteiger partial charge in [0.25, 0.3) is 0 Å². The van der Waals surface area contributed by atoms with Crippen molar-refractivity contribution in [3.63, 3.8) is 0 Å². The minimum atomic E-state index is -0.485. The number of hydrogen-bond acceptors (Lipinski definition) is 5. The Morgan fingerprint density at radius 1 is 0.510 bits per heavy atom. The fourth-order valence-electron chi connectivity index (χ4n) is 7.27. The maximum Gasteiger partial charge on any atom is 0.167 e. The van der Waals surface area contributed by atoms with E-state index in [0.29, 0.717) is 28.1 Å². The van der Waals surface area contributed by atoms with E-state index in [-0.39, 0.29) is 29.3 Å². The molecule has 0 atom stereocenters. The Bertz CT molecular complexity index is 3380. The highest BCUT2D eigenvalue weighted by Gasteiger charge is 2.19. The summed E-state index contributed by atoms with van der Waals surface area (Å²) >= 11 is 1.71. The molecule has 0 aliphatic carbocycles. The zero-order valence-electron chi connectivity index (χ0n) is 31.7. The molecule has 51 heavy (non-hydrogen) atoms. The average Bonchev–Trinajstić information content (AvgIpc) is 3.91. The van der Waals surface area contributed by atoms with Crippen molar-refractivity contribution >= 4 is 75.3 Å². The van der Waals surface area contributed by atoms with E-state index in [1.807, 2.05) is 48.5 Å². The zero-order valence-corrected chi connectivity index (χ0v) is 27.5. The topological polar surface area (TPSA) is 56.7 Å². The van der Waals surface area contributed by atoms with E-state index >= 15 is 0 Å². The van der Waals surface area contributed by atoms with Gasteiger partial charge in [0.15, 0.2) is 17.5 Å². The van der Waals surface area contributed by atoms with Gasteiger partial charge in [-0.05, 0) is 54.6 Å². The summed E-state index contributed by atoms with van der Waals surface area (Å²) in [6.45, 7) is 0. The maximum absolute atomic E-state index is 8.77. The fourth-order valence-corrected chi connectivity index (χ4v) is 8.39. The summed E-state index contributed by atoms with van der Waals surface area (Å²) in [5.41, 5.74) is 5.85. The lowest BCUT2D eigenvalue weighted by molar-refractivity contribution is 0.669. The normalized spacial score (nSPS) is 13.3. The van der Waals surface area contributed by atoms with Crippen LogP contribution in [0.15, 0.2) is 162 Å². The van der Waals surface area contributed by atoms with Crippen molar-refractivity contribution in [3.8, 4) is 39.9 Å². The predicted octanol–water partition coefficient (Wildman–Crippen LogP) is 12.2. The third-order valence-corrected chi connectivity index (χ3v) is 10.7. The van der Waals surface area contributed by atoms with Gasteiger partial charge in [0.05, 0.1) is 23.5 Å². The van der Waals surface area contributed by atoms with Gasteiger partial charge in [-0.25, -0.2) is 15.0 Å². The average molecular weight is 676 g/mol. The van der Waals surface area contributed by atoms with Crippen LogP contribution in [0.4, 0.5) is 0 Å². The van der Waals surface area contributed by atoms with Crippen molar-refractivity contribution in [3.05, 3.63) is 158 Å². The van der Waals surface area contributed by atoms with Gasteiger partial charge in [-0.2, -0.15) is 0 Å². The van der Waals surface area contributed by atoms with Crippen molar-refractivity contribution in [2.24, 2.45) is 0 Å². The van der Waals surface area contributed by atoms with Crippen LogP contribution in [0.2, 0.25) is 0 Å². The number of nitrogens with zero attached hydrogens (tertiary/aromatic N) is 4. The first-order valence-electron chi connectivity index (χ1n) is 19.0. The Balaban J connectivity index is 1.11. The zero-order chi connectivity index (χ0) is 37.8. The van der Waals surface area contributed by atoms with E-state index in [1.54, 1.807) is 11.3 Å². The molecule has 0 aliphatic heterocycles. The van der Waals surface area contributed by atoms with Gasteiger partial charge in [0.1, 0.15) is 11.2 Å². The monoisotopic (exact) mass is 675 g/mol. The Labute approximate surface area is 302 Å². The van der Waals surface area contributed by atoms with E-state index in [2.05, 4.69) is 83.4 Å². The van der Waals surface area contributed by atoms with Crippen LogP contribution in [0.5, 0.6) is 0 Å². The van der Waals surface area contributed by atoms with E-state index in [0.717, 1.165) is 47.7 Å². The highest BCUT2D eigenvalue weighted by molar-refractivity contribution is 7.25. The van der Waals surface area contributed by atoms with Gasteiger partial charge in [0.2, 0.25) is 0 Å². The molecule has 0 N–H and O–H groups in total. The van der Waals surface area contributed by atoms with Gasteiger partial charge in [-0.3, -0.25) is 0 Å². The predicted molar refractivity (Wildman–Crippen MR) is 211 cm³/mol. The highest BCUT2D eigenvalue weighted by atomic mass is 32.1. The molecule has 5 nitrogen and oxygen atoms in total. The van der Waals surface area contributed by atoms with Crippen molar-refractivity contribution in [1.29, 1.82) is 0 Å². The molecule has 4 aromatic heterocycles. The fraction of sp³-hybridized carbons (Fsp3) is 0. The molecule has 0 spiro atoms. The first-order valence-corrected chi connectivity index (χ1v) is 17.3. The van der Waals surface area contributed by atoms with E-state index in [4.69, 9.17) is 26.2 Å². The molecule has 0 unspecified atom stereocenters. The van der Waals surface area contributed by atoms with Crippen LogP contribution in [0, 0.1) is 0 Å². The Morgan fingerprint density at radius 3 is 2.00 bits per heavy atom. The summed E-state index contributed by atoms with van der Waals surface area (Å²) in [5, 5.41) is 6.36. The van der Waals surface area contributed by atoms with Gasteiger partial charge in [-0.15, -0.1) is 11.3 Å². The van der Waals surface area contributed by atoms with Gasteiger partial charge < -0.3 is 8.98 Å². The van der Waals surface area contributed by atoms with Gasteiger partial charge >= 0.3 is 0 Å². The van der Waals surface area contributed by atoms with Crippen LogP contribution in [0.25, 0.3) is 104 Å². The minimum Gasteiger partial charge on any atom is -0.455 e. The Kier molecular flexibility index (Phi) is 5.08. The summed E-state index contributed by atoms with van der Waals surface area (Å²) in [6, 6.07) is 40.9. The smallest absolute Gasteiger partial charge is 0.167 e. The van der Waals surface area contributed by atoms with Crippen LogP contribution >= 0.6 is 11.3 Å². The molecule has 0 radical (unpaired) electrons. The van der Waals surface area contributed by atoms with Crippen molar-refractivity contribution < 1.29 is 11.3 Å². The third kappa shape index (κ3) is 4.37. The lowest BCUT2D eigenvalue weighted by Crippen LogP contribution is -2.00. The quantitative estimate of drug-likeness (QED) is 0.186. The molecule has 0 saturated carbocycles. The molecular weight excluding hydrogens is 645 g/mol. The number of furan rings is 1. The Hall–Kier alpha value is -6.63. The minimum absolute atomic E-state index is 0.0267. The van der Waals surface area contributed by atoms with E-state index in [1.165, 1.54) is 10.8 Å². The molecule has 0 amide bonds. The van der Waals surface area contributed by atoms with E-state index in [9.17, 15) is 0 Å². The number of aromatic nitrogens is 4. The molecular formula is C45H26N4OS. The summed E-state index contributed by atoms with van der Waals surface area (Å²) in [4.78, 5) is 14.6. The molecule has 0 saturated heterocycles. The first kappa shape index (κ1) is 23.7. The first-order chi connectivity index (χ1) is 27.3. The number of rotatable bonds is 4. The van der Waals surface area contributed by atoms with Crippen molar-refractivity contribution in [2.45, 2.75) is 0 Å². The number of fused-ring (bicyclic) bond motifs is 9. The second-order valence-electron chi connectivity index (χ2n) is 12.4. The van der Waals surface area contributed by atoms with Gasteiger partial charge in [0, 0.05) is 58.5 Å². The number of thiophene rings is 1. The molecule has 11 aromatic rings. The molecule has 6 heteroatoms. The number of hydrogen-bond donors (Lipinski definition) is 0. The van der Waals surface area contributed by atoms with Crippen LogP contribution in [-0.4, -0.2) is 19.5 Å². The van der Waals surface area contributed by atoms with Crippen LogP contribution in [-0.2, 0) is 0 Å². The molecule has 7 aromatic carbocycles. The molecule has 0 aliphatic rings. The van der Waals surface area contributed by atoms with Crippen molar-refractivity contribution in [1.82, 2.24) is 19.5 Å². The Morgan fingerprint density at radius 2 is 1.20 bits per heavy atom. The SMILES string of the molecule is [2H]c1c([2H])c([2H])c(-c2nc(-c3ccc4sc5cc(-n6c7ccccc7c7ccccc76)ccc5c4c3)nc(-c3cccc4c3oc3ccccc34)n2)c([2H])c1[2H]. The summed E-state index contributed by atoms with van der Waals surface area (Å²) < 4.78 is 53.4. The van der Waals surface area contributed by atoms with E-state index < -0.39 is 18.1 Å². The summed E-state index contributed by atoms with van der Waals surface area (Å²) in [5.74, 6) is 0.529. The lowest BCUT2D eigenvalue weighted by Gasteiger charge is -2.09. The van der Waals surface area contributed by atoms with Crippen LogP contribution < -0.4 is 0 Å². The standard InChI is InChI=1S/C45H26N4OS/c1-2-11-27(12-3-1)43-46-44(48-45(47-43)35-17-10-16-34-32-15-6-9-20-39(32)50-42(34)35)28-21-24-40-36(25-28)33-23-22-29(26-41(33)51-40)49-37-18-7-4-13-30(37)31-14-5-8-19-38(31)49/h1-26H/i1D,2D,3D,11D,12D. The van der Waals surface area contributed by atoms with Gasteiger partial charge in [-0.1, -0.05) is 103 Å². The molecule has 0 fully saturated rings. The summed E-state index contributed by atoms with van der Waals surface area (Å²) in [6.07, 6.45) is 0. The van der Waals surface area contributed by atoms with Crippen LogP contribution in [0.1, 0.15) is 6.85 Å². The lowest BCUT2D eigenvalue weighted by atomic mass is 10.1. The second kappa shape index (κ2) is 10.9. The highest BCUT2D eigenvalue weighted by Crippen LogP contribution is 2.40. The maximum atomic E-state index is 8.77. The molecule has 11 rings (SSSR count). The second-order valence-corrected chi connectivity index (χ2v) is 13.5. The molecule has 0 bridgehead atoms. The number of benzene rings is 7. The largest absolute Gasteiger partial charge is 0.455 e. The molecule has 4 heterocycles. The molecule has 238 valence electrons. The summed E-state index contributed by atoms with van der Waals surface area (Å²) in [7, 11) is 0. The van der Waals surface area contributed by atoms with Crippen LogP contribution in [0.3, 0.4) is 0 Å². The number of para-hydroxylation sites is 4.